The Kier molecular flexibility index (Phi) is 4.80. The molecule has 0 spiro atoms. The zero-order chi connectivity index (χ0) is 14.8. The molecule has 0 aromatic heterocycles. The Morgan fingerprint density at radius 2 is 1.79 bits per heavy atom. The van der Waals surface area contributed by atoms with Crippen LogP contribution in [0.4, 0.5) is 0 Å². The molecule has 1 aromatic rings. The normalized spacial score (nSPS) is 13.0. The van der Waals surface area contributed by atoms with E-state index in [0.717, 1.165) is 5.56 Å². The van der Waals surface area contributed by atoms with Crippen LogP contribution in [-0.4, -0.2) is 15.0 Å². The van der Waals surface area contributed by atoms with E-state index in [-0.39, 0.29) is 5.41 Å². The summed E-state index contributed by atoms with van der Waals surface area (Å²) in [6.45, 7) is 12.5. The molecule has 0 heterocycles. The Morgan fingerprint density at radius 1 is 1.21 bits per heavy atom. The highest BCUT2D eigenvalue weighted by molar-refractivity contribution is 7.89. The van der Waals surface area contributed by atoms with Gasteiger partial charge in [0, 0.05) is 6.54 Å². The van der Waals surface area contributed by atoms with E-state index in [4.69, 9.17) is 0 Å². The smallest absolute Gasteiger partial charge is 0.211 e. The largest absolute Gasteiger partial charge is 0.240 e. The van der Waals surface area contributed by atoms with Gasteiger partial charge < -0.3 is 0 Å². The fourth-order valence-electron chi connectivity index (χ4n) is 1.99. The fourth-order valence-corrected chi connectivity index (χ4v) is 3.43. The van der Waals surface area contributed by atoms with E-state index in [1.54, 1.807) is 13.0 Å². The van der Waals surface area contributed by atoms with E-state index in [0.29, 0.717) is 17.4 Å². The summed E-state index contributed by atoms with van der Waals surface area (Å²) < 4.78 is 27.1. The summed E-state index contributed by atoms with van der Waals surface area (Å²) in [5.74, 6) is 0.386. The third-order valence-corrected chi connectivity index (χ3v) is 4.71. The number of hydrogen-bond donors (Lipinski definition) is 1. The van der Waals surface area contributed by atoms with Gasteiger partial charge in [0.1, 0.15) is 0 Å². The minimum Gasteiger partial charge on any atom is -0.211 e. The van der Waals surface area contributed by atoms with Crippen molar-refractivity contribution in [3.63, 3.8) is 0 Å². The van der Waals surface area contributed by atoms with Crippen molar-refractivity contribution in [3.05, 3.63) is 29.3 Å². The molecule has 0 aliphatic rings. The quantitative estimate of drug-likeness (QED) is 0.920. The maximum absolute atomic E-state index is 12.3. The highest BCUT2D eigenvalue weighted by Crippen LogP contribution is 2.31. The van der Waals surface area contributed by atoms with Gasteiger partial charge >= 0.3 is 0 Å². The summed E-state index contributed by atoms with van der Waals surface area (Å²) >= 11 is 0. The van der Waals surface area contributed by atoms with Gasteiger partial charge in [-0.2, -0.15) is 0 Å². The molecule has 0 amide bonds. The predicted molar refractivity (Wildman–Crippen MR) is 80.1 cm³/mol. The number of rotatable bonds is 4. The van der Waals surface area contributed by atoms with Crippen LogP contribution >= 0.6 is 0 Å². The second-order valence-corrected chi connectivity index (χ2v) is 7.90. The van der Waals surface area contributed by atoms with Crippen LogP contribution < -0.4 is 4.72 Å². The van der Waals surface area contributed by atoms with Gasteiger partial charge in [0.15, 0.2) is 0 Å². The van der Waals surface area contributed by atoms with E-state index >= 15 is 0 Å². The Labute approximate surface area is 117 Å². The fraction of sp³-hybridized carbons (Fsp3) is 0.600. The van der Waals surface area contributed by atoms with Gasteiger partial charge in [-0.05, 0) is 28.5 Å². The van der Waals surface area contributed by atoms with Gasteiger partial charge in [-0.25, -0.2) is 13.1 Å². The molecule has 1 rings (SSSR count). The van der Waals surface area contributed by atoms with Crippen molar-refractivity contribution < 1.29 is 8.42 Å². The van der Waals surface area contributed by atoms with Crippen molar-refractivity contribution in [1.82, 2.24) is 4.72 Å². The number of hydrogen-bond acceptors (Lipinski definition) is 2. The van der Waals surface area contributed by atoms with Crippen LogP contribution in [-0.2, 0) is 15.4 Å². The van der Waals surface area contributed by atoms with Gasteiger partial charge in [0.25, 0.3) is 0 Å². The molecule has 1 aromatic carbocycles. The summed E-state index contributed by atoms with van der Waals surface area (Å²) in [5, 5.41) is 0. The summed E-state index contributed by atoms with van der Waals surface area (Å²) in [4.78, 5) is 0.395. The molecule has 0 aliphatic heterocycles. The van der Waals surface area contributed by atoms with Crippen molar-refractivity contribution in [2.75, 3.05) is 6.54 Å². The first-order chi connectivity index (χ1) is 8.59. The van der Waals surface area contributed by atoms with Crippen molar-refractivity contribution in [1.29, 1.82) is 0 Å². The van der Waals surface area contributed by atoms with E-state index in [2.05, 4.69) is 18.6 Å². The van der Waals surface area contributed by atoms with E-state index in [1.165, 1.54) is 5.56 Å². The Morgan fingerprint density at radius 3 is 2.21 bits per heavy atom. The molecule has 0 bridgehead atoms. The lowest BCUT2D eigenvalue weighted by molar-refractivity contribution is 0.554. The molecule has 0 radical (unpaired) electrons. The van der Waals surface area contributed by atoms with Crippen molar-refractivity contribution in [3.8, 4) is 0 Å². The van der Waals surface area contributed by atoms with Crippen LogP contribution in [0.15, 0.2) is 23.1 Å². The first-order valence-electron chi connectivity index (χ1n) is 6.73. The van der Waals surface area contributed by atoms with Gasteiger partial charge in [-0.1, -0.05) is 53.7 Å². The van der Waals surface area contributed by atoms with Crippen LogP contribution in [0.5, 0.6) is 0 Å². The molecule has 0 aliphatic carbocycles. The van der Waals surface area contributed by atoms with Gasteiger partial charge in [-0.3, -0.25) is 0 Å². The van der Waals surface area contributed by atoms with Gasteiger partial charge in [0.2, 0.25) is 10.0 Å². The van der Waals surface area contributed by atoms with Crippen molar-refractivity contribution >= 4 is 10.0 Å². The molecule has 0 saturated carbocycles. The van der Waals surface area contributed by atoms with Crippen LogP contribution in [0, 0.1) is 0 Å². The lowest BCUT2D eigenvalue weighted by Crippen LogP contribution is -2.27. The molecule has 19 heavy (non-hydrogen) atoms. The van der Waals surface area contributed by atoms with Crippen molar-refractivity contribution in [2.24, 2.45) is 0 Å². The van der Waals surface area contributed by atoms with Crippen LogP contribution in [0.25, 0.3) is 0 Å². The Bertz CT molecular complexity index is 540. The minimum absolute atomic E-state index is 0.206. The average Bonchev–Trinajstić information content (AvgIpc) is 2.26. The number of sulfonamides is 1. The third-order valence-electron chi connectivity index (χ3n) is 3.10. The van der Waals surface area contributed by atoms with Gasteiger partial charge in [-0.15, -0.1) is 0 Å². The third kappa shape index (κ3) is 3.80. The van der Waals surface area contributed by atoms with Gasteiger partial charge in [0.05, 0.1) is 4.90 Å². The molecule has 108 valence electrons. The highest BCUT2D eigenvalue weighted by Gasteiger charge is 2.25. The molecule has 0 unspecified atom stereocenters. The second-order valence-electron chi connectivity index (χ2n) is 6.16. The maximum Gasteiger partial charge on any atom is 0.240 e. The van der Waals surface area contributed by atoms with Crippen LogP contribution in [0.2, 0.25) is 0 Å². The molecule has 0 fully saturated rings. The van der Waals surface area contributed by atoms with Crippen LogP contribution in [0.1, 0.15) is 58.6 Å². The van der Waals surface area contributed by atoms with Crippen LogP contribution in [0.3, 0.4) is 0 Å². The topological polar surface area (TPSA) is 46.2 Å². The molecule has 0 saturated heterocycles. The van der Waals surface area contributed by atoms with Crippen molar-refractivity contribution in [2.45, 2.75) is 57.8 Å². The summed E-state index contributed by atoms with van der Waals surface area (Å²) in [6.07, 6.45) is 0. The molecule has 1 N–H and O–H groups in total. The molecular weight excluding hydrogens is 258 g/mol. The monoisotopic (exact) mass is 283 g/mol. The molecular formula is C15H25NO2S. The first kappa shape index (κ1) is 16.2. The molecule has 3 nitrogen and oxygen atoms in total. The summed E-state index contributed by atoms with van der Waals surface area (Å²) in [6, 6.07) is 5.66. The predicted octanol–water partition coefficient (Wildman–Crippen LogP) is 3.41. The lowest BCUT2D eigenvalue weighted by atomic mass is 9.85. The average molecular weight is 283 g/mol. The maximum atomic E-state index is 12.3. The number of benzene rings is 1. The zero-order valence-electron chi connectivity index (χ0n) is 12.7. The molecule has 4 heteroatoms. The summed E-state index contributed by atoms with van der Waals surface area (Å²) in [5.41, 5.74) is 1.84. The summed E-state index contributed by atoms with van der Waals surface area (Å²) in [7, 11) is -3.42. The second kappa shape index (κ2) is 5.63. The zero-order valence-corrected chi connectivity index (χ0v) is 13.6. The minimum atomic E-state index is -3.42. The Balaban J connectivity index is 3.49. The Hall–Kier alpha value is -0.870. The highest BCUT2D eigenvalue weighted by atomic mass is 32.2. The molecule has 0 atom stereocenters. The van der Waals surface area contributed by atoms with E-state index < -0.39 is 10.0 Å². The van der Waals surface area contributed by atoms with E-state index in [9.17, 15) is 8.42 Å². The lowest BCUT2D eigenvalue weighted by Gasteiger charge is -2.24. The SMILES string of the molecule is CCNS(=O)(=O)c1ccc(C(C)C)cc1C(C)(C)C. The van der Waals surface area contributed by atoms with E-state index in [1.807, 2.05) is 32.9 Å². The number of nitrogens with one attached hydrogen (secondary N) is 1. The first-order valence-corrected chi connectivity index (χ1v) is 8.22. The standard InChI is InChI=1S/C15H25NO2S/c1-7-16-19(17,18)14-9-8-12(11(2)3)10-13(14)15(4,5)6/h8-11,16H,7H2,1-6H3.